The number of rotatable bonds is 9. The van der Waals surface area contributed by atoms with E-state index in [9.17, 15) is 21.6 Å². The fraction of sp³-hybridized carbons (Fsp3) is 0.474. The second-order valence-corrected chi connectivity index (χ2v) is 10.5. The van der Waals surface area contributed by atoms with Gasteiger partial charge in [-0.25, -0.2) is 8.42 Å². The van der Waals surface area contributed by atoms with Crippen molar-refractivity contribution < 1.29 is 30.8 Å². The first-order valence-corrected chi connectivity index (χ1v) is 12.2. The third-order valence-corrected chi connectivity index (χ3v) is 7.68. The molecule has 0 atom stereocenters. The minimum Gasteiger partial charge on any atom is -0.493 e. The number of unbranched alkanes of at least 4 members (excludes halogenated alkanes) is 1. The summed E-state index contributed by atoms with van der Waals surface area (Å²) in [6.45, 7) is 5.55. The first kappa shape index (κ1) is 24.1. The van der Waals surface area contributed by atoms with Gasteiger partial charge in [-0.2, -0.15) is 18.2 Å². The summed E-state index contributed by atoms with van der Waals surface area (Å²) >= 11 is 1.09. The molecule has 2 heterocycles. The molecule has 0 aliphatic rings. The Bertz CT molecular complexity index is 1170. The molecule has 3 aromatic rings. The number of benzene rings is 1. The van der Waals surface area contributed by atoms with Crippen LogP contribution >= 0.6 is 11.3 Å². The van der Waals surface area contributed by atoms with Crippen molar-refractivity contribution in [2.24, 2.45) is 0 Å². The molecule has 0 N–H and O–H groups in total. The molecule has 0 saturated heterocycles. The molecule has 13 heteroatoms. The zero-order valence-electron chi connectivity index (χ0n) is 17.6. The van der Waals surface area contributed by atoms with Crippen LogP contribution in [0.4, 0.5) is 13.2 Å². The zero-order valence-corrected chi connectivity index (χ0v) is 19.2. The van der Waals surface area contributed by atoms with Crippen molar-refractivity contribution in [1.29, 1.82) is 0 Å². The zero-order chi connectivity index (χ0) is 23.5. The summed E-state index contributed by atoms with van der Waals surface area (Å²) < 4.78 is 71.8. The minimum absolute atomic E-state index is 0.0107. The second kappa shape index (κ2) is 9.53. The van der Waals surface area contributed by atoms with Crippen LogP contribution in [0.3, 0.4) is 0 Å². The average molecular weight is 491 g/mol. The maximum atomic E-state index is 12.7. The van der Waals surface area contributed by atoms with Crippen molar-refractivity contribution in [3.05, 3.63) is 34.2 Å². The van der Waals surface area contributed by atoms with E-state index in [0.717, 1.165) is 28.9 Å². The maximum absolute atomic E-state index is 12.7. The highest BCUT2D eigenvalue weighted by Crippen LogP contribution is 2.32. The number of sulfone groups is 1. The number of halogens is 3. The largest absolute Gasteiger partial charge is 0.493 e. The van der Waals surface area contributed by atoms with Crippen molar-refractivity contribution >= 4 is 21.2 Å². The van der Waals surface area contributed by atoms with E-state index in [-0.39, 0.29) is 15.9 Å². The number of hydrogen-bond donors (Lipinski definition) is 0. The maximum Gasteiger partial charge on any atom is 0.471 e. The van der Waals surface area contributed by atoms with Crippen molar-refractivity contribution in [2.75, 3.05) is 12.4 Å². The van der Waals surface area contributed by atoms with Crippen LogP contribution in [-0.4, -0.2) is 41.1 Å². The summed E-state index contributed by atoms with van der Waals surface area (Å²) in [6.07, 6.45) is -2.66. The van der Waals surface area contributed by atoms with E-state index in [1.807, 2.05) is 0 Å². The highest BCUT2D eigenvalue weighted by molar-refractivity contribution is 7.93. The minimum atomic E-state index is -4.70. The third-order valence-electron chi connectivity index (χ3n) is 4.51. The van der Waals surface area contributed by atoms with Crippen molar-refractivity contribution in [2.45, 2.75) is 50.5 Å². The number of aromatic nitrogens is 4. The van der Waals surface area contributed by atoms with Gasteiger partial charge in [0.05, 0.1) is 12.4 Å². The van der Waals surface area contributed by atoms with Gasteiger partial charge < -0.3 is 9.26 Å². The summed E-state index contributed by atoms with van der Waals surface area (Å²) in [5.41, 5.74) is 1.87. The smallest absolute Gasteiger partial charge is 0.471 e. The van der Waals surface area contributed by atoms with Crippen LogP contribution in [0.15, 0.2) is 21.0 Å². The molecule has 2 aromatic heterocycles. The number of aryl methyl sites for hydroxylation is 3. The van der Waals surface area contributed by atoms with Crippen LogP contribution in [-0.2, 0) is 22.4 Å². The second-order valence-electron chi connectivity index (χ2n) is 7.03. The summed E-state index contributed by atoms with van der Waals surface area (Å²) in [5, 5.41) is 11.7. The van der Waals surface area contributed by atoms with E-state index in [1.165, 1.54) is 0 Å². The summed E-state index contributed by atoms with van der Waals surface area (Å²) in [4.78, 5) is 3.41. The summed E-state index contributed by atoms with van der Waals surface area (Å²) in [7, 11) is -3.34. The molecule has 0 fully saturated rings. The molecule has 0 saturated carbocycles. The van der Waals surface area contributed by atoms with E-state index >= 15 is 0 Å². The highest BCUT2D eigenvalue weighted by atomic mass is 32.2. The Morgan fingerprint density at radius 3 is 2.41 bits per heavy atom. The lowest BCUT2D eigenvalue weighted by atomic mass is 10.1. The van der Waals surface area contributed by atoms with Crippen LogP contribution in [0.25, 0.3) is 11.4 Å². The van der Waals surface area contributed by atoms with Crippen LogP contribution in [0.2, 0.25) is 0 Å². The Kier molecular flexibility index (Phi) is 7.18. The van der Waals surface area contributed by atoms with E-state index in [0.29, 0.717) is 35.8 Å². The van der Waals surface area contributed by atoms with Crippen molar-refractivity contribution in [3.8, 4) is 17.1 Å². The van der Waals surface area contributed by atoms with Crippen molar-refractivity contribution in [3.63, 3.8) is 0 Å². The quantitative estimate of drug-likeness (QED) is 0.406. The Hall–Kier alpha value is -2.54. The Labute approximate surface area is 186 Å². The predicted octanol–water partition coefficient (Wildman–Crippen LogP) is 4.42. The number of alkyl halides is 3. The van der Waals surface area contributed by atoms with E-state index in [4.69, 9.17) is 4.74 Å². The Morgan fingerprint density at radius 2 is 1.81 bits per heavy atom. The highest BCUT2D eigenvalue weighted by Gasteiger charge is 2.38. The van der Waals surface area contributed by atoms with Gasteiger partial charge in [-0.1, -0.05) is 23.4 Å². The molecule has 0 aliphatic heterocycles. The number of nitrogens with zero attached hydrogens (tertiary/aromatic N) is 4. The molecule has 0 bridgehead atoms. The molecular weight excluding hydrogens is 469 g/mol. The van der Waals surface area contributed by atoms with Crippen LogP contribution < -0.4 is 4.74 Å². The lowest BCUT2D eigenvalue weighted by molar-refractivity contribution is -0.159. The monoisotopic (exact) mass is 490 g/mol. The van der Waals surface area contributed by atoms with Crippen LogP contribution in [0, 0.1) is 13.8 Å². The molecule has 174 valence electrons. The van der Waals surface area contributed by atoms with Gasteiger partial charge in [0, 0.05) is 12.0 Å². The normalized spacial score (nSPS) is 12.3. The molecule has 0 radical (unpaired) electrons. The number of ether oxygens (including phenoxy) is 1. The molecule has 1 aromatic carbocycles. The van der Waals surface area contributed by atoms with Crippen molar-refractivity contribution in [1.82, 2.24) is 20.3 Å². The van der Waals surface area contributed by atoms with Gasteiger partial charge in [0.2, 0.25) is 20.0 Å². The van der Waals surface area contributed by atoms with Gasteiger partial charge in [0.1, 0.15) is 10.8 Å². The molecule has 0 spiro atoms. The standard InChI is InChI=1S/C19H21F3N4O4S2/c1-4-32(27,28)18-25-24-14(31-18)7-5-6-8-29-15-11(2)9-13(10-12(15)3)16-23-17(30-26-16)19(20,21)22/h9-10H,4-8H2,1-3H3. The summed E-state index contributed by atoms with van der Waals surface area (Å²) in [5.74, 6) is -0.904. The van der Waals surface area contributed by atoms with Gasteiger partial charge in [0.15, 0.2) is 0 Å². The predicted molar refractivity (Wildman–Crippen MR) is 110 cm³/mol. The molecule has 3 rings (SSSR count). The van der Waals surface area contributed by atoms with Crippen LogP contribution in [0.5, 0.6) is 5.75 Å². The SMILES string of the molecule is CCS(=O)(=O)c1nnc(CCCCOc2c(C)cc(-c3noc(C(F)(F)F)n3)cc2C)s1. The van der Waals surface area contributed by atoms with Gasteiger partial charge in [-0.15, -0.1) is 10.2 Å². The fourth-order valence-electron chi connectivity index (χ4n) is 2.90. The topological polar surface area (TPSA) is 108 Å². The summed E-state index contributed by atoms with van der Waals surface area (Å²) in [6, 6.07) is 3.29. The van der Waals surface area contributed by atoms with Gasteiger partial charge in [-0.3, -0.25) is 0 Å². The van der Waals surface area contributed by atoms with Gasteiger partial charge in [-0.05, 0) is 49.9 Å². The molecule has 0 aliphatic carbocycles. The average Bonchev–Trinajstić information content (AvgIpc) is 3.39. The molecule has 32 heavy (non-hydrogen) atoms. The van der Waals surface area contributed by atoms with Gasteiger partial charge >= 0.3 is 12.1 Å². The molecular formula is C19H21F3N4O4S2. The molecule has 0 amide bonds. The third kappa shape index (κ3) is 5.63. The Morgan fingerprint density at radius 1 is 1.12 bits per heavy atom. The van der Waals surface area contributed by atoms with Crippen LogP contribution in [0.1, 0.15) is 41.8 Å². The Balaban J connectivity index is 1.55. The first-order valence-electron chi connectivity index (χ1n) is 9.71. The van der Waals surface area contributed by atoms with E-state index in [2.05, 4.69) is 24.9 Å². The van der Waals surface area contributed by atoms with E-state index in [1.54, 1.807) is 32.9 Å². The van der Waals surface area contributed by atoms with E-state index < -0.39 is 21.9 Å². The number of hydrogen-bond acceptors (Lipinski definition) is 9. The molecule has 8 nitrogen and oxygen atoms in total. The lowest BCUT2D eigenvalue weighted by Crippen LogP contribution is -2.05. The first-order chi connectivity index (χ1) is 15.0. The van der Waals surface area contributed by atoms with Gasteiger partial charge in [0.25, 0.3) is 0 Å². The lowest BCUT2D eigenvalue weighted by Gasteiger charge is -2.13. The molecule has 0 unspecified atom stereocenters. The fourth-order valence-corrected chi connectivity index (χ4v) is 5.08.